The van der Waals surface area contributed by atoms with E-state index < -0.39 is 0 Å². The maximum atomic E-state index is 5.99. The molecule has 0 aliphatic heterocycles. The fraction of sp³-hybridized carbons (Fsp3) is 0.625. The van der Waals surface area contributed by atoms with Gasteiger partial charge in [0, 0.05) is 17.6 Å². The summed E-state index contributed by atoms with van der Waals surface area (Å²) >= 11 is 5.99. The van der Waals surface area contributed by atoms with Crippen LogP contribution in [0.25, 0.3) is 0 Å². The first-order valence-corrected chi connectivity index (χ1v) is 7.57. The maximum Gasteiger partial charge on any atom is 0.0408 e. The van der Waals surface area contributed by atoms with E-state index in [9.17, 15) is 0 Å². The van der Waals surface area contributed by atoms with Crippen LogP contribution in [-0.4, -0.2) is 6.04 Å². The molecular formula is C16H24ClN. The Morgan fingerprint density at radius 3 is 2.78 bits per heavy atom. The van der Waals surface area contributed by atoms with E-state index in [4.69, 9.17) is 11.6 Å². The predicted octanol–water partition coefficient (Wildman–Crippen LogP) is 4.71. The van der Waals surface area contributed by atoms with Crippen molar-refractivity contribution in [1.29, 1.82) is 0 Å². The van der Waals surface area contributed by atoms with E-state index >= 15 is 0 Å². The van der Waals surface area contributed by atoms with E-state index in [0.717, 1.165) is 17.5 Å². The van der Waals surface area contributed by atoms with Gasteiger partial charge in [-0.1, -0.05) is 43.9 Å². The molecule has 1 nitrogen and oxygen atoms in total. The molecule has 0 bridgehead atoms. The molecule has 2 unspecified atom stereocenters. The van der Waals surface area contributed by atoms with Crippen LogP contribution in [0.5, 0.6) is 0 Å². The van der Waals surface area contributed by atoms with Crippen LogP contribution in [0, 0.1) is 12.8 Å². The second-order valence-electron chi connectivity index (χ2n) is 5.51. The molecule has 1 aromatic carbocycles. The lowest BCUT2D eigenvalue weighted by Gasteiger charge is -2.32. The smallest absolute Gasteiger partial charge is 0.0408 e. The third-order valence-electron chi connectivity index (χ3n) is 4.29. The molecule has 1 aliphatic rings. The molecule has 2 heteroatoms. The lowest BCUT2D eigenvalue weighted by Crippen LogP contribution is -2.37. The minimum Gasteiger partial charge on any atom is -0.310 e. The van der Waals surface area contributed by atoms with E-state index in [1.54, 1.807) is 0 Å². The third kappa shape index (κ3) is 3.49. The summed E-state index contributed by atoms with van der Waals surface area (Å²) in [5.74, 6) is 0.867. The zero-order chi connectivity index (χ0) is 13.0. The Hall–Kier alpha value is -0.530. The van der Waals surface area contributed by atoms with Crippen LogP contribution >= 0.6 is 11.6 Å². The first-order valence-electron chi connectivity index (χ1n) is 7.19. The van der Waals surface area contributed by atoms with Gasteiger partial charge in [0.05, 0.1) is 0 Å². The molecule has 0 heterocycles. The van der Waals surface area contributed by atoms with Gasteiger partial charge in [0.2, 0.25) is 0 Å². The molecule has 2 atom stereocenters. The summed E-state index contributed by atoms with van der Waals surface area (Å²) < 4.78 is 0. The molecular weight excluding hydrogens is 242 g/mol. The summed E-state index contributed by atoms with van der Waals surface area (Å²) in [7, 11) is 0. The van der Waals surface area contributed by atoms with Gasteiger partial charge in [-0.2, -0.15) is 0 Å². The third-order valence-corrected chi connectivity index (χ3v) is 4.53. The van der Waals surface area contributed by atoms with Crippen LogP contribution in [0.15, 0.2) is 18.2 Å². The van der Waals surface area contributed by atoms with Gasteiger partial charge in [-0.05, 0) is 48.9 Å². The molecule has 1 aliphatic carbocycles. The monoisotopic (exact) mass is 265 g/mol. The first kappa shape index (κ1) is 13.9. The van der Waals surface area contributed by atoms with Crippen molar-refractivity contribution in [3.63, 3.8) is 0 Å². The summed E-state index contributed by atoms with van der Waals surface area (Å²) in [5.41, 5.74) is 2.67. The van der Waals surface area contributed by atoms with E-state index in [2.05, 4.69) is 31.3 Å². The van der Waals surface area contributed by atoms with Crippen molar-refractivity contribution in [3.8, 4) is 0 Å². The van der Waals surface area contributed by atoms with Crippen LogP contribution in [0.1, 0.15) is 50.2 Å². The summed E-state index contributed by atoms with van der Waals surface area (Å²) in [6.07, 6.45) is 6.83. The molecule has 1 fully saturated rings. The highest BCUT2D eigenvalue weighted by atomic mass is 35.5. The van der Waals surface area contributed by atoms with Crippen molar-refractivity contribution in [2.24, 2.45) is 5.92 Å². The highest BCUT2D eigenvalue weighted by Crippen LogP contribution is 2.27. The van der Waals surface area contributed by atoms with Gasteiger partial charge in [0.1, 0.15) is 0 Å². The van der Waals surface area contributed by atoms with Crippen LogP contribution in [0.2, 0.25) is 5.02 Å². The van der Waals surface area contributed by atoms with Gasteiger partial charge in [-0.15, -0.1) is 0 Å². The molecule has 0 aromatic heterocycles. The average Bonchev–Trinajstić information content (AvgIpc) is 2.38. The Kier molecular flexibility index (Phi) is 5.08. The predicted molar refractivity (Wildman–Crippen MR) is 79.1 cm³/mol. The molecule has 18 heavy (non-hydrogen) atoms. The highest BCUT2D eigenvalue weighted by molar-refractivity contribution is 6.30. The Labute approximate surface area is 116 Å². The van der Waals surface area contributed by atoms with Crippen LogP contribution in [0.3, 0.4) is 0 Å². The average molecular weight is 266 g/mol. The number of hydrogen-bond acceptors (Lipinski definition) is 1. The van der Waals surface area contributed by atoms with Gasteiger partial charge in [0.25, 0.3) is 0 Å². The molecule has 100 valence electrons. The van der Waals surface area contributed by atoms with Crippen molar-refractivity contribution >= 4 is 11.6 Å². The zero-order valence-corrected chi connectivity index (χ0v) is 12.3. The number of hydrogen-bond donors (Lipinski definition) is 1. The largest absolute Gasteiger partial charge is 0.310 e. The molecule has 1 saturated carbocycles. The number of aryl methyl sites for hydroxylation is 1. The van der Waals surface area contributed by atoms with Crippen LogP contribution < -0.4 is 5.32 Å². The molecule has 1 N–H and O–H groups in total. The highest BCUT2D eigenvalue weighted by Gasteiger charge is 2.22. The number of nitrogens with one attached hydrogen (secondary N) is 1. The second-order valence-corrected chi connectivity index (χ2v) is 5.95. The minimum atomic E-state index is 0.707. The number of benzene rings is 1. The minimum absolute atomic E-state index is 0.707. The number of halogens is 1. The van der Waals surface area contributed by atoms with E-state index in [1.807, 2.05) is 6.07 Å². The normalized spacial score (nSPS) is 24.2. The van der Waals surface area contributed by atoms with Crippen molar-refractivity contribution in [3.05, 3.63) is 34.3 Å². The van der Waals surface area contributed by atoms with Crippen molar-refractivity contribution in [2.45, 2.75) is 58.5 Å². The Balaban J connectivity index is 1.93. The van der Waals surface area contributed by atoms with E-state index in [1.165, 1.54) is 43.2 Å². The van der Waals surface area contributed by atoms with Crippen molar-refractivity contribution in [1.82, 2.24) is 5.32 Å². The fourth-order valence-corrected chi connectivity index (χ4v) is 3.29. The zero-order valence-electron chi connectivity index (χ0n) is 11.5. The van der Waals surface area contributed by atoms with Crippen LogP contribution in [0.4, 0.5) is 0 Å². The Bertz CT molecular complexity index is 389. The Morgan fingerprint density at radius 2 is 2.06 bits per heavy atom. The quantitative estimate of drug-likeness (QED) is 0.832. The SMILES string of the molecule is CCC1CCCCC1NCc1ccc(Cl)cc1C. The van der Waals surface area contributed by atoms with Gasteiger partial charge < -0.3 is 5.32 Å². The lowest BCUT2D eigenvalue weighted by atomic mass is 9.83. The summed E-state index contributed by atoms with van der Waals surface area (Å²) in [6.45, 7) is 5.43. The van der Waals surface area contributed by atoms with Crippen molar-refractivity contribution < 1.29 is 0 Å². The van der Waals surface area contributed by atoms with E-state index in [0.29, 0.717) is 6.04 Å². The van der Waals surface area contributed by atoms with Gasteiger partial charge in [-0.25, -0.2) is 0 Å². The Morgan fingerprint density at radius 1 is 1.28 bits per heavy atom. The van der Waals surface area contributed by atoms with Crippen molar-refractivity contribution in [2.75, 3.05) is 0 Å². The summed E-state index contributed by atoms with van der Waals surface area (Å²) in [4.78, 5) is 0. The van der Waals surface area contributed by atoms with Gasteiger partial charge in [-0.3, -0.25) is 0 Å². The molecule has 0 amide bonds. The summed E-state index contributed by atoms with van der Waals surface area (Å²) in [5, 5.41) is 4.59. The number of rotatable bonds is 4. The molecule has 0 radical (unpaired) electrons. The fourth-order valence-electron chi connectivity index (χ4n) is 3.06. The van der Waals surface area contributed by atoms with Crippen LogP contribution in [-0.2, 0) is 6.54 Å². The topological polar surface area (TPSA) is 12.0 Å². The molecule has 0 spiro atoms. The molecule has 1 aromatic rings. The van der Waals surface area contributed by atoms with Gasteiger partial charge in [0.15, 0.2) is 0 Å². The maximum absolute atomic E-state index is 5.99. The van der Waals surface area contributed by atoms with Gasteiger partial charge >= 0.3 is 0 Å². The summed E-state index contributed by atoms with van der Waals surface area (Å²) in [6, 6.07) is 6.90. The van der Waals surface area contributed by atoms with E-state index in [-0.39, 0.29) is 0 Å². The first-order chi connectivity index (χ1) is 8.70. The molecule has 0 saturated heterocycles. The second kappa shape index (κ2) is 6.58. The lowest BCUT2D eigenvalue weighted by molar-refractivity contribution is 0.254. The standard InChI is InChI=1S/C16H24ClN/c1-3-13-6-4-5-7-16(13)18-11-14-8-9-15(17)10-12(14)2/h8-10,13,16,18H,3-7,11H2,1-2H3. The molecule has 2 rings (SSSR count).